The summed E-state index contributed by atoms with van der Waals surface area (Å²) in [7, 11) is 0. The van der Waals surface area contributed by atoms with Crippen LogP contribution in [0.2, 0.25) is 0 Å². The van der Waals surface area contributed by atoms with Gasteiger partial charge in [0.2, 0.25) is 0 Å². The highest BCUT2D eigenvalue weighted by Gasteiger charge is 2.36. The number of carbonyl (C=O) groups excluding carboxylic acids is 1. The molecule has 0 saturated heterocycles. The van der Waals surface area contributed by atoms with Crippen molar-refractivity contribution >= 4 is 12.0 Å². The van der Waals surface area contributed by atoms with Crippen LogP contribution in [0.3, 0.4) is 0 Å². The summed E-state index contributed by atoms with van der Waals surface area (Å²) in [4.78, 5) is 16.3. The van der Waals surface area contributed by atoms with E-state index in [-0.39, 0.29) is 0 Å². The molecular formula is C21H27NO2. The zero-order chi connectivity index (χ0) is 18.0. The van der Waals surface area contributed by atoms with E-state index >= 15 is 0 Å². The minimum atomic E-state index is -0.417. The lowest BCUT2D eigenvalue weighted by Gasteiger charge is -2.21. The lowest BCUT2D eigenvalue weighted by Crippen LogP contribution is -2.21. The Morgan fingerprint density at radius 3 is 2.08 bits per heavy atom. The number of rotatable bonds is 3. The van der Waals surface area contributed by atoms with E-state index in [9.17, 15) is 4.79 Å². The first-order valence-electron chi connectivity index (χ1n) is 8.57. The number of benzene rings is 2. The Bertz CT molecular complexity index is 647. The molecule has 3 rings (SSSR count). The molecule has 1 aliphatic rings. The van der Waals surface area contributed by atoms with Gasteiger partial charge in [0.25, 0.3) is 0 Å². The summed E-state index contributed by atoms with van der Waals surface area (Å²) in [5.74, 6) is 0. The maximum atomic E-state index is 10.7. The predicted octanol–water partition coefficient (Wildman–Crippen LogP) is 5.59. The minimum absolute atomic E-state index is 0.417. The van der Waals surface area contributed by atoms with Gasteiger partial charge >= 0.3 is 0 Å². The molecule has 1 atom stereocenters. The third kappa shape index (κ3) is 4.54. The van der Waals surface area contributed by atoms with Crippen LogP contribution in [0.15, 0.2) is 59.8 Å². The molecule has 24 heavy (non-hydrogen) atoms. The Balaban J connectivity index is 0.000000671. The molecule has 2 aromatic carbocycles. The molecule has 2 aromatic rings. The lowest BCUT2D eigenvalue weighted by molar-refractivity contribution is -0.00738. The first-order chi connectivity index (χ1) is 11.7. The smallest absolute Gasteiger partial charge is 0.165 e. The molecule has 0 radical (unpaired) electrons. The second-order valence-electron chi connectivity index (χ2n) is 5.14. The van der Waals surface area contributed by atoms with Crippen LogP contribution in [0.1, 0.15) is 62.5 Å². The molecule has 3 nitrogen and oxygen atoms in total. The van der Waals surface area contributed by atoms with Gasteiger partial charge in [-0.2, -0.15) is 0 Å². The third-order valence-corrected chi connectivity index (χ3v) is 3.63. The molecule has 128 valence electrons. The van der Waals surface area contributed by atoms with Crippen LogP contribution < -0.4 is 0 Å². The Kier molecular flexibility index (Phi) is 7.90. The molecule has 1 aliphatic heterocycles. The predicted molar refractivity (Wildman–Crippen MR) is 101 cm³/mol. The summed E-state index contributed by atoms with van der Waals surface area (Å²) < 4.78 is 0. The van der Waals surface area contributed by atoms with Crippen molar-refractivity contribution in [3.05, 3.63) is 71.3 Å². The molecule has 0 amide bonds. The fraction of sp³-hybridized carbons (Fsp3) is 0.333. The van der Waals surface area contributed by atoms with E-state index in [0.29, 0.717) is 5.56 Å². The highest BCUT2D eigenvalue weighted by molar-refractivity contribution is 6.02. The zero-order valence-corrected chi connectivity index (χ0v) is 15.2. The van der Waals surface area contributed by atoms with Crippen molar-refractivity contribution in [1.29, 1.82) is 0 Å². The molecule has 0 spiro atoms. The van der Waals surface area contributed by atoms with E-state index in [0.717, 1.165) is 29.5 Å². The van der Waals surface area contributed by atoms with Gasteiger partial charge in [-0.1, -0.05) is 87.4 Å². The second kappa shape index (κ2) is 9.66. The van der Waals surface area contributed by atoms with Crippen molar-refractivity contribution in [2.24, 2.45) is 5.16 Å². The number of oxime groups is 1. The van der Waals surface area contributed by atoms with Crippen molar-refractivity contribution in [3.63, 3.8) is 0 Å². The van der Waals surface area contributed by atoms with Crippen molar-refractivity contribution in [3.8, 4) is 0 Å². The summed E-state index contributed by atoms with van der Waals surface area (Å²) in [5.41, 5.74) is 3.27. The second-order valence-corrected chi connectivity index (χ2v) is 5.14. The highest BCUT2D eigenvalue weighted by Crippen LogP contribution is 2.35. The SMILES string of the molecule is CC.CC.CC1(c2ccccc2)CC(c2ccc(C=O)cc2)=NO1. The summed E-state index contributed by atoms with van der Waals surface area (Å²) in [6.07, 6.45) is 1.56. The monoisotopic (exact) mass is 325 g/mol. The van der Waals surface area contributed by atoms with Crippen LogP contribution in [0.25, 0.3) is 0 Å². The largest absolute Gasteiger partial charge is 0.384 e. The fourth-order valence-electron chi connectivity index (χ4n) is 2.39. The van der Waals surface area contributed by atoms with Gasteiger partial charge in [0, 0.05) is 12.0 Å². The van der Waals surface area contributed by atoms with Gasteiger partial charge in [0.15, 0.2) is 5.60 Å². The summed E-state index contributed by atoms with van der Waals surface area (Å²) in [6, 6.07) is 17.5. The Morgan fingerprint density at radius 2 is 1.54 bits per heavy atom. The first-order valence-corrected chi connectivity index (χ1v) is 8.57. The Morgan fingerprint density at radius 1 is 0.958 bits per heavy atom. The zero-order valence-electron chi connectivity index (χ0n) is 15.2. The van der Waals surface area contributed by atoms with Crippen LogP contribution in [-0.2, 0) is 10.4 Å². The van der Waals surface area contributed by atoms with Gasteiger partial charge in [-0.25, -0.2) is 0 Å². The number of nitrogens with zero attached hydrogens (tertiary/aromatic N) is 1. The highest BCUT2D eigenvalue weighted by atomic mass is 16.7. The van der Waals surface area contributed by atoms with Gasteiger partial charge in [-0.15, -0.1) is 0 Å². The number of hydrogen-bond donors (Lipinski definition) is 0. The van der Waals surface area contributed by atoms with E-state index in [1.807, 2.05) is 77.1 Å². The topological polar surface area (TPSA) is 38.7 Å². The van der Waals surface area contributed by atoms with E-state index in [1.54, 1.807) is 12.1 Å². The van der Waals surface area contributed by atoms with Gasteiger partial charge in [0.05, 0.1) is 5.71 Å². The minimum Gasteiger partial charge on any atom is -0.384 e. The number of hydrogen-bond acceptors (Lipinski definition) is 3. The number of aldehydes is 1. The van der Waals surface area contributed by atoms with E-state index < -0.39 is 5.60 Å². The Hall–Kier alpha value is -2.42. The maximum absolute atomic E-state index is 10.7. The standard InChI is InChI=1S/C17H15NO2.2C2H6/c1-17(15-5-3-2-4-6-15)11-16(18-20-17)14-9-7-13(12-19)8-10-14;2*1-2/h2-10,12H,11H2,1H3;2*1-2H3. The van der Waals surface area contributed by atoms with Crippen LogP contribution in [0, 0.1) is 0 Å². The first kappa shape index (κ1) is 19.6. The average molecular weight is 325 g/mol. The Labute approximate surface area is 145 Å². The summed E-state index contributed by atoms with van der Waals surface area (Å²) in [5, 5.41) is 4.22. The normalized spacial score (nSPS) is 18.1. The van der Waals surface area contributed by atoms with Crippen molar-refractivity contribution in [2.75, 3.05) is 0 Å². The molecule has 0 aromatic heterocycles. The van der Waals surface area contributed by atoms with Crippen molar-refractivity contribution in [2.45, 2.75) is 46.6 Å². The number of carbonyl (C=O) groups is 1. The summed E-state index contributed by atoms with van der Waals surface area (Å²) in [6.45, 7) is 10.0. The molecule has 0 saturated carbocycles. The third-order valence-electron chi connectivity index (χ3n) is 3.63. The van der Waals surface area contributed by atoms with Gasteiger partial charge in [0.1, 0.15) is 6.29 Å². The molecule has 0 N–H and O–H groups in total. The van der Waals surface area contributed by atoms with Crippen molar-refractivity contribution in [1.82, 2.24) is 0 Å². The van der Waals surface area contributed by atoms with Gasteiger partial charge in [-0.3, -0.25) is 4.79 Å². The summed E-state index contributed by atoms with van der Waals surface area (Å²) >= 11 is 0. The lowest BCUT2D eigenvalue weighted by atomic mass is 9.89. The molecule has 3 heteroatoms. The van der Waals surface area contributed by atoms with Crippen molar-refractivity contribution < 1.29 is 9.63 Å². The molecule has 1 heterocycles. The van der Waals surface area contributed by atoms with Crippen LogP contribution in [-0.4, -0.2) is 12.0 Å². The molecule has 0 fully saturated rings. The van der Waals surface area contributed by atoms with Crippen LogP contribution >= 0.6 is 0 Å². The quantitative estimate of drug-likeness (QED) is 0.690. The maximum Gasteiger partial charge on any atom is 0.165 e. The molecule has 0 aliphatic carbocycles. The van der Waals surface area contributed by atoms with Gasteiger partial charge in [-0.05, 0) is 18.1 Å². The van der Waals surface area contributed by atoms with E-state index in [2.05, 4.69) is 5.16 Å². The molecular weight excluding hydrogens is 298 g/mol. The molecule has 1 unspecified atom stereocenters. The fourth-order valence-corrected chi connectivity index (χ4v) is 2.39. The van der Waals surface area contributed by atoms with Gasteiger partial charge < -0.3 is 4.84 Å². The average Bonchev–Trinajstić information content (AvgIpc) is 3.09. The molecule has 0 bridgehead atoms. The van der Waals surface area contributed by atoms with E-state index in [1.165, 1.54) is 0 Å². The van der Waals surface area contributed by atoms with Crippen LogP contribution in [0.5, 0.6) is 0 Å². The van der Waals surface area contributed by atoms with Crippen LogP contribution in [0.4, 0.5) is 0 Å². The van der Waals surface area contributed by atoms with E-state index in [4.69, 9.17) is 4.84 Å².